The molecule has 0 amide bonds. The Morgan fingerprint density at radius 1 is 1.50 bits per heavy atom. The molecule has 2 heterocycles. The van der Waals surface area contributed by atoms with Crippen LogP contribution in [0, 0.1) is 0 Å². The van der Waals surface area contributed by atoms with E-state index in [0.29, 0.717) is 11.2 Å². The number of rotatable bonds is 2. The highest BCUT2D eigenvalue weighted by atomic mass is 35.5. The molecule has 88 valence electrons. The van der Waals surface area contributed by atoms with E-state index < -0.39 is 0 Å². The third-order valence-corrected chi connectivity index (χ3v) is 3.28. The number of hydrogen-bond donors (Lipinski definition) is 1. The second-order valence-corrected chi connectivity index (χ2v) is 4.55. The highest BCUT2D eigenvalue weighted by molar-refractivity contribution is 6.29. The van der Waals surface area contributed by atoms with Crippen molar-refractivity contribution in [2.45, 2.75) is 38.6 Å². The van der Waals surface area contributed by atoms with E-state index in [4.69, 9.17) is 17.3 Å². The van der Waals surface area contributed by atoms with Crippen LogP contribution in [0.15, 0.2) is 6.07 Å². The number of halogens is 1. The number of anilines is 2. The average molecular weight is 241 g/mol. The Kier molecular flexibility index (Phi) is 3.49. The Morgan fingerprint density at radius 2 is 2.31 bits per heavy atom. The third-order valence-electron chi connectivity index (χ3n) is 3.09. The Morgan fingerprint density at radius 3 is 3.00 bits per heavy atom. The van der Waals surface area contributed by atoms with E-state index in [0.717, 1.165) is 18.8 Å². The molecule has 1 aliphatic heterocycles. The summed E-state index contributed by atoms with van der Waals surface area (Å²) in [6.45, 7) is 3.24. The first-order chi connectivity index (χ1) is 7.70. The molecule has 0 aromatic carbocycles. The molecule has 4 nitrogen and oxygen atoms in total. The van der Waals surface area contributed by atoms with Gasteiger partial charge in [-0.05, 0) is 25.7 Å². The van der Waals surface area contributed by atoms with Crippen molar-refractivity contribution in [1.82, 2.24) is 9.97 Å². The Labute approximate surface area is 101 Å². The van der Waals surface area contributed by atoms with Gasteiger partial charge in [0.15, 0.2) is 0 Å². The van der Waals surface area contributed by atoms with Gasteiger partial charge in [-0.2, -0.15) is 4.98 Å². The van der Waals surface area contributed by atoms with Crippen LogP contribution in [0.25, 0.3) is 0 Å². The van der Waals surface area contributed by atoms with Crippen LogP contribution < -0.4 is 10.6 Å². The largest absolute Gasteiger partial charge is 0.368 e. The van der Waals surface area contributed by atoms with Crippen LogP contribution >= 0.6 is 11.6 Å². The molecular weight excluding hydrogens is 224 g/mol. The Bertz CT molecular complexity index is 349. The molecule has 1 aliphatic rings. The second-order valence-electron chi connectivity index (χ2n) is 4.16. The van der Waals surface area contributed by atoms with Crippen molar-refractivity contribution in [3.63, 3.8) is 0 Å². The standard InChI is InChI=1S/C11H17ClN4/c1-2-8-5-3-4-6-16(8)10-7-9(12)14-11(13)15-10/h7-8H,2-6H2,1H3,(H2,13,14,15)/t8-/m0/s1. The van der Waals surface area contributed by atoms with Gasteiger partial charge >= 0.3 is 0 Å². The summed E-state index contributed by atoms with van der Waals surface area (Å²) in [7, 11) is 0. The van der Waals surface area contributed by atoms with Crippen molar-refractivity contribution in [2.24, 2.45) is 0 Å². The second kappa shape index (κ2) is 4.87. The molecule has 16 heavy (non-hydrogen) atoms. The van der Waals surface area contributed by atoms with Gasteiger partial charge in [-0.3, -0.25) is 0 Å². The first kappa shape index (κ1) is 11.5. The van der Waals surface area contributed by atoms with E-state index in [1.54, 1.807) is 6.07 Å². The molecule has 1 aromatic heterocycles. The predicted octanol–water partition coefficient (Wildman–Crippen LogP) is 2.48. The molecule has 2 rings (SSSR count). The topological polar surface area (TPSA) is 55.0 Å². The van der Waals surface area contributed by atoms with Crippen molar-refractivity contribution < 1.29 is 0 Å². The monoisotopic (exact) mass is 240 g/mol. The SMILES string of the molecule is CC[C@H]1CCCCN1c1cc(Cl)nc(N)n1. The molecule has 1 fully saturated rings. The van der Waals surface area contributed by atoms with Gasteiger partial charge < -0.3 is 10.6 Å². The zero-order chi connectivity index (χ0) is 11.5. The summed E-state index contributed by atoms with van der Waals surface area (Å²) in [5.41, 5.74) is 5.62. The van der Waals surface area contributed by atoms with Crippen molar-refractivity contribution in [1.29, 1.82) is 0 Å². The van der Waals surface area contributed by atoms with Gasteiger partial charge in [0.25, 0.3) is 0 Å². The first-order valence-corrected chi connectivity index (χ1v) is 6.15. The molecule has 0 saturated carbocycles. The van der Waals surface area contributed by atoms with Crippen molar-refractivity contribution in [2.75, 3.05) is 17.2 Å². The molecule has 2 N–H and O–H groups in total. The van der Waals surface area contributed by atoms with Gasteiger partial charge in [0.2, 0.25) is 5.95 Å². The first-order valence-electron chi connectivity index (χ1n) is 5.77. The molecule has 1 aromatic rings. The lowest BCUT2D eigenvalue weighted by Crippen LogP contribution is -2.39. The zero-order valence-electron chi connectivity index (χ0n) is 9.49. The number of hydrogen-bond acceptors (Lipinski definition) is 4. The van der Waals surface area contributed by atoms with E-state index in [-0.39, 0.29) is 5.95 Å². The van der Waals surface area contributed by atoms with Gasteiger partial charge in [-0.25, -0.2) is 4.98 Å². The van der Waals surface area contributed by atoms with E-state index in [1.165, 1.54) is 19.3 Å². The van der Waals surface area contributed by atoms with Crippen LogP contribution in [0.3, 0.4) is 0 Å². The van der Waals surface area contributed by atoms with Crippen LogP contribution in [-0.2, 0) is 0 Å². The van der Waals surface area contributed by atoms with Gasteiger partial charge in [0.1, 0.15) is 11.0 Å². The Balaban J connectivity index is 2.26. The molecule has 0 unspecified atom stereocenters. The van der Waals surface area contributed by atoms with Crippen LogP contribution in [0.2, 0.25) is 5.15 Å². The maximum Gasteiger partial charge on any atom is 0.223 e. The van der Waals surface area contributed by atoms with Crippen LogP contribution in [0.5, 0.6) is 0 Å². The van der Waals surface area contributed by atoms with Gasteiger partial charge in [-0.15, -0.1) is 0 Å². The molecular formula is C11H17ClN4. The maximum absolute atomic E-state index is 5.90. The smallest absolute Gasteiger partial charge is 0.223 e. The minimum atomic E-state index is 0.253. The van der Waals surface area contributed by atoms with Gasteiger partial charge in [-0.1, -0.05) is 18.5 Å². The minimum Gasteiger partial charge on any atom is -0.368 e. The number of piperidine rings is 1. The lowest BCUT2D eigenvalue weighted by Gasteiger charge is -2.36. The van der Waals surface area contributed by atoms with Crippen molar-refractivity contribution >= 4 is 23.4 Å². The molecule has 0 aliphatic carbocycles. The summed E-state index contributed by atoms with van der Waals surface area (Å²) in [4.78, 5) is 10.4. The number of aromatic nitrogens is 2. The number of nitrogen functional groups attached to an aromatic ring is 1. The summed E-state index contributed by atoms with van der Waals surface area (Å²) >= 11 is 5.90. The zero-order valence-corrected chi connectivity index (χ0v) is 10.2. The van der Waals surface area contributed by atoms with Crippen molar-refractivity contribution in [3.8, 4) is 0 Å². The van der Waals surface area contributed by atoms with E-state index in [9.17, 15) is 0 Å². The van der Waals surface area contributed by atoms with E-state index in [2.05, 4.69) is 21.8 Å². The van der Waals surface area contributed by atoms with Gasteiger partial charge in [0.05, 0.1) is 0 Å². The van der Waals surface area contributed by atoms with E-state index >= 15 is 0 Å². The van der Waals surface area contributed by atoms with Gasteiger partial charge in [0, 0.05) is 18.7 Å². The number of nitrogens with zero attached hydrogens (tertiary/aromatic N) is 3. The van der Waals surface area contributed by atoms with Crippen LogP contribution in [0.1, 0.15) is 32.6 Å². The lowest BCUT2D eigenvalue weighted by atomic mass is 10.0. The molecule has 5 heteroatoms. The molecule has 0 bridgehead atoms. The molecule has 0 radical (unpaired) electrons. The predicted molar refractivity (Wildman–Crippen MR) is 66.7 cm³/mol. The number of nitrogens with two attached hydrogens (primary N) is 1. The summed E-state index contributed by atoms with van der Waals surface area (Å²) in [5.74, 6) is 1.12. The summed E-state index contributed by atoms with van der Waals surface area (Å²) < 4.78 is 0. The Hall–Kier alpha value is -1.03. The fourth-order valence-corrected chi connectivity index (χ4v) is 2.48. The molecule has 1 saturated heterocycles. The highest BCUT2D eigenvalue weighted by Gasteiger charge is 2.22. The summed E-state index contributed by atoms with van der Waals surface area (Å²) in [6, 6.07) is 2.35. The minimum absolute atomic E-state index is 0.253. The fourth-order valence-electron chi connectivity index (χ4n) is 2.30. The summed E-state index contributed by atoms with van der Waals surface area (Å²) in [6.07, 6.45) is 4.85. The van der Waals surface area contributed by atoms with Crippen LogP contribution in [-0.4, -0.2) is 22.6 Å². The average Bonchev–Trinajstić information content (AvgIpc) is 2.27. The lowest BCUT2D eigenvalue weighted by molar-refractivity contribution is 0.447. The van der Waals surface area contributed by atoms with E-state index in [1.807, 2.05) is 0 Å². The molecule has 0 spiro atoms. The maximum atomic E-state index is 5.90. The van der Waals surface area contributed by atoms with Crippen molar-refractivity contribution in [3.05, 3.63) is 11.2 Å². The fraction of sp³-hybridized carbons (Fsp3) is 0.636. The van der Waals surface area contributed by atoms with Crippen LogP contribution in [0.4, 0.5) is 11.8 Å². The normalized spacial score (nSPS) is 21.1. The highest BCUT2D eigenvalue weighted by Crippen LogP contribution is 2.26. The quantitative estimate of drug-likeness (QED) is 0.807. The summed E-state index contributed by atoms with van der Waals surface area (Å²) in [5, 5.41) is 0.419. The third kappa shape index (κ3) is 2.38. The molecule has 1 atom stereocenters.